The van der Waals surface area contributed by atoms with E-state index in [1.54, 1.807) is 6.92 Å². The lowest BCUT2D eigenvalue weighted by Crippen LogP contribution is -2.48. The van der Waals surface area contributed by atoms with E-state index in [0.717, 1.165) is 0 Å². The standard InChI is InChI=1S/C16H19NO7/c1-10-6-11(8-17-7-10)14(21)16(15(22)23,12(18)9-24-2)5-3-4-13(19)20/h6-8H,3-5,9H2,1-2H3,(H,19,20)(H,22,23). The molecule has 1 aromatic rings. The van der Waals surface area contributed by atoms with Crippen LogP contribution in [0.3, 0.4) is 0 Å². The average Bonchev–Trinajstić information content (AvgIpc) is 2.50. The average molecular weight is 337 g/mol. The summed E-state index contributed by atoms with van der Waals surface area (Å²) in [5, 5.41) is 18.4. The van der Waals surface area contributed by atoms with E-state index in [-0.39, 0.29) is 18.4 Å². The molecule has 2 N–H and O–H groups in total. The fraction of sp³-hybridized carbons (Fsp3) is 0.438. The summed E-state index contributed by atoms with van der Waals surface area (Å²) in [6, 6.07) is 1.43. The SMILES string of the molecule is COCC(=O)C(CCCC(=O)O)(C(=O)O)C(=O)c1cncc(C)c1. The summed E-state index contributed by atoms with van der Waals surface area (Å²) in [4.78, 5) is 51.6. The van der Waals surface area contributed by atoms with Crippen molar-refractivity contribution in [1.82, 2.24) is 4.98 Å². The number of carboxylic acid groups (broad SMARTS) is 2. The Balaban J connectivity index is 3.32. The van der Waals surface area contributed by atoms with Crippen molar-refractivity contribution < 1.29 is 34.1 Å². The van der Waals surface area contributed by atoms with E-state index in [0.29, 0.717) is 5.56 Å². The van der Waals surface area contributed by atoms with Gasteiger partial charge in [-0.2, -0.15) is 0 Å². The number of carbonyl (C=O) groups excluding carboxylic acids is 2. The molecule has 1 unspecified atom stereocenters. The molecule has 0 aliphatic rings. The molecule has 0 fully saturated rings. The van der Waals surface area contributed by atoms with Crippen LogP contribution in [0.25, 0.3) is 0 Å². The molecule has 0 radical (unpaired) electrons. The Bertz CT molecular complexity index is 656. The predicted octanol–water partition coefficient (Wildman–Crippen LogP) is 1.11. The Morgan fingerprint density at radius 2 is 1.88 bits per heavy atom. The first-order chi connectivity index (χ1) is 11.3. The molecule has 1 aromatic heterocycles. The highest BCUT2D eigenvalue weighted by Crippen LogP contribution is 2.32. The number of methoxy groups -OCH3 is 1. The van der Waals surface area contributed by atoms with E-state index in [1.807, 2.05) is 0 Å². The zero-order chi connectivity index (χ0) is 18.3. The fourth-order valence-corrected chi connectivity index (χ4v) is 2.39. The lowest BCUT2D eigenvalue weighted by molar-refractivity contribution is -0.153. The van der Waals surface area contributed by atoms with Crippen molar-refractivity contribution in [1.29, 1.82) is 0 Å². The number of ether oxygens (including phenoxy) is 1. The highest BCUT2D eigenvalue weighted by molar-refractivity contribution is 6.27. The number of aromatic nitrogens is 1. The smallest absolute Gasteiger partial charge is 0.325 e. The monoisotopic (exact) mass is 337 g/mol. The van der Waals surface area contributed by atoms with Crippen molar-refractivity contribution >= 4 is 23.5 Å². The molecule has 0 bridgehead atoms. The lowest BCUT2D eigenvalue weighted by Gasteiger charge is -2.26. The Kier molecular flexibility index (Phi) is 6.72. The van der Waals surface area contributed by atoms with E-state index in [4.69, 9.17) is 9.84 Å². The first-order valence-corrected chi connectivity index (χ1v) is 7.19. The summed E-state index contributed by atoms with van der Waals surface area (Å²) in [6.07, 6.45) is 1.76. The van der Waals surface area contributed by atoms with Gasteiger partial charge in [-0.1, -0.05) is 0 Å². The molecule has 0 saturated carbocycles. The first-order valence-electron chi connectivity index (χ1n) is 7.19. The minimum Gasteiger partial charge on any atom is -0.481 e. The summed E-state index contributed by atoms with van der Waals surface area (Å²) in [7, 11) is 1.21. The van der Waals surface area contributed by atoms with Crippen molar-refractivity contribution in [3.63, 3.8) is 0 Å². The third-order valence-electron chi connectivity index (χ3n) is 3.58. The summed E-state index contributed by atoms with van der Waals surface area (Å²) in [5.41, 5.74) is -1.77. The van der Waals surface area contributed by atoms with Gasteiger partial charge in [0, 0.05) is 31.5 Å². The van der Waals surface area contributed by atoms with Crippen LogP contribution in [0, 0.1) is 12.3 Å². The number of hydrogen-bond acceptors (Lipinski definition) is 6. The van der Waals surface area contributed by atoms with Crippen LogP contribution in [-0.2, 0) is 19.1 Å². The Hall–Kier alpha value is -2.61. The summed E-state index contributed by atoms with van der Waals surface area (Å²) < 4.78 is 4.70. The minimum atomic E-state index is -2.39. The normalized spacial score (nSPS) is 13.1. The molecule has 0 saturated heterocycles. The Morgan fingerprint density at radius 1 is 1.21 bits per heavy atom. The second-order valence-corrected chi connectivity index (χ2v) is 5.39. The Morgan fingerprint density at radius 3 is 2.38 bits per heavy atom. The molecular formula is C16H19NO7. The van der Waals surface area contributed by atoms with Gasteiger partial charge in [-0.15, -0.1) is 0 Å². The minimum absolute atomic E-state index is 0.0165. The van der Waals surface area contributed by atoms with E-state index in [2.05, 4.69) is 4.98 Å². The number of nitrogens with zero attached hydrogens (tertiary/aromatic N) is 1. The maximum Gasteiger partial charge on any atom is 0.325 e. The molecule has 0 aromatic carbocycles. The highest BCUT2D eigenvalue weighted by Gasteiger charge is 2.52. The molecule has 0 aliphatic heterocycles. The van der Waals surface area contributed by atoms with E-state index >= 15 is 0 Å². The topological polar surface area (TPSA) is 131 Å². The van der Waals surface area contributed by atoms with Crippen molar-refractivity contribution in [2.45, 2.75) is 26.2 Å². The molecule has 0 amide bonds. The van der Waals surface area contributed by atoms with Crippen LogP contribution in [0.1, 0.15) is 35.2 Å². The maximum atomic E-state index is 12.8. The van der Waals surface area contributed by atoms with Crippen LogP contribution in [0.2, 0.25) is 0 Å². The number of rotatable bonds is 10. The first kappa shape index (κ1) is 19.4. The summed E-state index contributed by atoms with van der Waals surface area (Å²) in [6.45, 7) is 1.11. The zero-order valence-corrected chi connectivity index (χ0v) is 13.4. The van der Waals surface area contributed by atoms with Gasteiger partial charge in [0.1, 0.15) is 6.61 Å². The van der Waals surface area contributed by atoms with Crippen LogP contribution in [0.15, 0.2) is 18.5 Å². The van der Waals surface area contributed by atoms with Crippen LogP contribution in [0.5, 0.6) is 0 Å². The maximum absolute atomic E-state index is 12.8. The number of ketones is 2. The van der Waals surface area contributed by atoms with Gasteiger partial charge in [0.25, 0.3) is 0 Å². The largest absolute Gasteiger partial charge is 0.481 e. The van der Waals surface area contributed by atoms with Crippen LogP contribution >= 0.6 is 0 Å². The molecule has 0 aliphatic carbocycles. The van der Waals surface area contributed by atoms with Gasteiger partial charge in [0.05, 0.1) is 0 Å². The summed E-state index contributed by atoms with van der Waals surface area (Å²) >= 11 is 0. The van der Waals surface area contributed by atoms with Gasteiger partial charge in [-0.05, 0) is 31.4 Å². The van der Waals surface area contributed by atoms with Crippen LogP contribution in [-0.4, -0.2) is 52.4 Å². The number of aliphatic carboxylic acids is 2. The molecule has 0 spiro atoms. The van der Waals surface area contributed by atoms with Gasteiger partial charge in [-0.25, -0.2) is 0 Å². The number of carbonyl (C=O) groups is 4. The van der Waals surface area contributed by atoms with E-state index < -0.39 is 41.9 Å². The lowest BCUT2D eigenvalue weighted by atomic mass is 9.73. The quantitative estimate of drug-likeness (QED) is 0.479. The van der Waals surface area contributed by atoms with Gasteiger partial charge in [0.15, 0.2) is 17.0 Å². The van der Waals surface area contributed by atoms with Crippen molar-refractivity contribution in [3.05, 3.63) is 29.6 Å². The van der Waals surface area contributed by atoms with Gasteiger partial charge >= 0.3 is 11.9 Å². The molecule has 8 nitrogen and oxygen atoms in total. The van der Waals surface area contributed by atoms with Crippen molar-refractivity contribution in [2.24, 2.45) is 5.41 Å². The van der Waals surface area contributed by atoms with Crippen LogP contribution in [0.4, 0.5) is 0 Å². The number of hydrogen-bond donors (Lipinski definition) is 2. The van der Waals surface area contributed by atoms with Gasteiger partial charge < -0.3 is 14.9 Å². The predicted molar refractivity (Wildman–Crippen MR) is 81.7 cm³/mol. The third kappa shape index (κ3) is 4.23. The zero-order valence-electron chi connectivity index (χ0n) is 13.4. The van der Waals surface area contributed by atoms with Gasteiger partial charge in [-0.3, -0.25) is 24.2 Å². The van der Waals surface area contributed by atoms with E-state index in [9.17, 15) is 24.3 Å². The molecular weight excluding hydrogens is 318 g/mol. The molecule has 1 rings (SSSR count). The Labute approximate surface area is 138 Å². The molecule has 8 heteroatoms. The molecule has 1 heterocycles. The molecule has 24 heavy (non-hydrogen) atoms. The molecule has 130 valence electrons. The highest BCUT2D eigenvalue weighted by atomic mass is 16.5. The van der Waals surface area contributed by atoms with Crippen molar-refractivity contribution in [2.75, 3.05) is 13.7 Å². The second kappa shape index (κ2) is 8.30. The number of Topliss-reactive ketones (excluding diaryl/α,β-unsaturated/α-hetero) is 2. The second-order valence-electron chi connectivity index (χ2n) is 5.39. The number of carboxylic acids is 2. The van der Waals surface area contributed by atoms with Crippen LogP contribution < -0.4 is 0 Å². The van der Waals surface area contributed by atoms with Gasteiger partial charge in [0.2, 0.25) is 0 Å². The molecule has 1 atom stereocenters. The number of aryl methyl sites for hydroxylation is 1. The number of pyridine rings is 1. The van der Waals surface area contributed by atoms with Crippen molar-refractivity contribution in [3.8, 4) is 0 Å². The fourth-order valence-electron chi connectivity index (χ4n) is 2.39. The van der Waals surface area contributed by atoms with E-state index in [1.165, 1.54) is 25.6 Å². The summed E-state index contributed by atoms with van der Waals surface area (Å²) in [5.74, 6) is -4.60. The third-order valence-corrected chi connectivity index (χ3v) is 3.58.